The van der Waals surface area contributed by atoms with Gasteiger partial charge in [-0.3, -0.25) is 0 Å². The van der Waals surface area contributed by atoms with Crippen molar-refractivity contribution in [1.29, 1.82) is 0 Å². The lowest BCUT2D eigenvalue weighted by Gasteiger charge is -2.47. The van der Waals surface area contributed by atoms with Gasteiger partial charge in [0.15, 0.2) is 0 Å². The zero-order chi connectivity index (χ0) is 35.6. The summed E-state index contributed by atoms with van der Waals surface area (Å²) in [6.45, 7) is 0. The minimum Gasteiger partial charge on any atom is -0.457 e. The third-order valence-electron chi connectivity index (χ3n) is 11.4. The molecule has 2 heterocycles. The summed E-state index contributed by atoms with van der Waals surface area (Å²) in [6, 6.07) is 62.2. The second-order valence-corrected chi connectivity index (χ2v) is 14.5. The number of para-hydroxylation sites is 5. The summed E-state index contributed by atoms with van der Waals surface area (Å²) >= 11 is 0. The normalized spacial score (nSPS) is 17.7. The first kappa shape index (κ1) is 30.8. The smallest absolute Gasteiger partial charge is 0.134 e. The Hall–Kier alpha value is -6.78. The molecule has 7 aromatic rings. The van der Waals surface area contributed by atoms with Crippen molar-refractivity contribution in [2.75, 3.05) is 9.80 Å². The molecule has 4 aliphatic rings. The van der Waals surface area contributed by atoms with E-state index < -0.39 is 5.41 Å². The molecule has 0 saturated heterocycles. The topological polar surface area (TPSA) is 24.9 Å². The van der Waals surface area contributed by atoms with Gasteiger partial charge >= 0.3 is 0 Å². The van der Waals surface area contributed by atoms with Crippen LogP contribution in [0.3, 0.4) is 0 Å². The third kappa shape index (κ3) is 4.70. The van der Waals surface area contributed by atoms with Crippen molar-refractivity contribution in [3.05, 3.63) is 222 Å². The van der Waals surface area contributed by atoms with Gasteiger partial charge in [0.2, 0.25) is 0 Å². The monoisotopic (exact) mass is 696 g/mol. The number of benzene rings is 7. The molecule has 0 amide bonds. The van der Waals surface area contributed by atoms with Gasteiger partial charge in [-0.05, 0) is 103 Å². The second-order valence-electron chi connectivity index (χ2n) is 14.5. The molecule has 0 aromatic heterocycles. The minimum absolute atomic E-state index is 0.592. The Morgan fingerprint density at radius 3 is 1.61 bits per heavy atom. The number of nitrogens with zero attached hydrogens (tertiary/aromatic N) is 2. The van der Waals surface area contributed by atoms with E-state index in [0.717, 1.165) is 73.7 Å². The van der Waals surface area contributed by atoms with Crippen LogP contribution in [0.1, 0.15) is 28.7 Å². The standard InChI is InChI=1S/C50H36N2O2/c1-4-15-36(16-5-1)51(39-28-27-34-31-35(34)32-39)40-29-30-47-43(33-40)50(41-21-10-12-24-45(41)53-46-25-13-11-22-42(46)50)49-44(23-14-26-48(49)54-47)52(37-17-6-2-7-18-37)38-19-8-3-9-20-38/h1-30,32-35H,31H2. The molecule has 2 unspecified atom stereocenters. The number of hydrogen-bond acceptors (Lipinski definition) is 4. The van der Waals surface area contributed by atoms with Crippen LogP contribution in [-0.2, 0) is 5.41 Å². The quantitative estimate of drug-likeness (QED) is 0.173. The Kier molecular flexibility index (Phi) is 6.93. The molecular formula is C50H36N2O2. The fourth-order valence-corrected chi connectivity index (χ4v) is 8.91. The number of rotatable bonds is 6. The van der Waals surface area contributed by atoms with Crippen LogP contribution >= 0.6 is 0 Å². The Bertz CT molecular complexity index is 2530. The van der Waals surface area contributed by atoms with Gasteiger partial charge in [0.05, 0.1) is 11.1 Å². The van der Waals surface area contributed by atoms with E-state index in [2.05, 4.69) is 204 Å². The van der Waals surface area contributed by atoms with E-state index in [1.807, 2.05) is 0 Å². The summed E-state index contributed by atoms with van der Waals surface area (Å²) in [5.41, 5.74) is 10.00. The van der Waals surface area contributed by atoms with Crippen LogP contribution in [0.15, 0.2) is 200 Å². The molecule has 4 heteroatoms. The van der Waals surface area contributed by atoms with Gasteiger partial charge in [0.25, 0.3) is 0 Å². The van der Waals surface area contributed by atoms with Crippen LogP contribution in [0.2, 0.25) is 0 Å². The highest BCUT2D eigenvalue weighted by molar-refractivity contribution is 5.88. The lowest BCUT2D eigenvalue weighted by molar-refractivity contribution is 0.400. The number of hydrogen-bond donors (Lipinski definition) is 0. The first-order valence-electron chi connectivity index (χ1n) is 18.8. The molecular weight excluding hydrogens is 661 g/mol. The van der Waals surface area contributed by atoms with E-state index >= 15 is 0 Å². The molecule has 2 aliphatic heterocycles. The molecule has 1 saturated carbocycles. The van der Waals surface area contributed by atoms with Crippen LogP contribution in [0.25, 0.3) is 0 Å². The summed E-state index contributed by atoms with van der Waals surface area (Å²) in [7, 11) is 0. The van der Waals surface area contributed by atoms with Crippen molar-refractivity contribution in [2.45, 2.75) is 11.8 Å². The predicted molar refractivity (Wildman–Crippen MR) is 217 cm³/mol. The highest BCUT2D eigenvalue weighted by Crippen LogP contribution is 2.64. The first-order chi connectivity index (χ1) is 26.8. The van der Waals surface area contributed by atoms with E-state index in [0.29, 0.717) is 11.8 Å². The number of fused-ring (bicyclic) bond motifs is 9. The molecule has 0 N–H and O–H groups in total. The van der Waals surface area contributed by atoms with Crippen LogP contribution in [0.5, 0.6) is 23.0 Å². The van der Waals surface area contributed by atoms with Crippen molar-refractivity contribution >= 4 is 28.4 Å². The highest BCUT2D eigenvalue weighted by Gasteiger charge is 2.52. The molecule has 1 spiro atoms. The van der Waals surface area contributed by atoms with Crippen molar-refractivity contribution in [1.82, 2.24) is 0 Å². The average molecular weight is 697 g/mol. The fraction of sp³-hybridized carbons (Fsp3) is 0.0800. The second kappa shape index (κ2) is 12.1. The number of ether oxygens (including phenoxy) is 2. The van der Waals surface area contributed by atoms with Gasteiger partial charge in [-0.15, -0.1) is 0 Å². The third-order valence-corrected chi connectivity index (χ3v) is 11.4. The Labute approximate surface area is 315 Å². The van der Waals surface area contributed by atoms with Crippen LogP contribution in [0, 0.1) is 11.8 Å². The van der Waals surface area contributed by atoms with E-state index in [4.69, 9.17) is 9.47 Å². The zero-order valence-corrected chi connectivity index (χ0v) is 29.5. The molecule has 0 bridgehead atoms. The van der Waals surface area contributed by atoms with Gasteiger partial charge in [-0.1, -0.05) is 109 Å². The van der Waals surface area contributed by atoms with Crippen LogP contribution in [0.4, 0.5) is 28.4 Å². The summed E-state index contributed by atoms with van der Waals surface area (Å²) < 4.78 is 13.9. The van der Waals surface area contributed by atoms with E-state index in [1.54, 1.807) is 0 Å². The Balaban J connectivity index is 1.24. The van der Waals surface area contributed by atoms with E-state index in [9.17, 15) is 0 Å². The summed E-state index contributed by atoms with van der Waals surface area (Å²) in [4.78, 5) is 4.76. The van der Waals surface area contributed by atoms with Crippen molar-refractivity contribution < 1.29 is 9.47 Å². The minimum atomic E-state index is -0.816. The molecule has 4 nitrogen and oxygen atoms in total. The first-order valence-corrected chi connectivity index (χ1v) is 18.8. The van der Waals surface area contributed by atoms with Gasteiger partial charge < -0.3 is 19.3 Å². The fourth-order valence-electron chi connectivity index (χ4n) is 8.91. The van der Waals surface area contributed by atoms with E-state index in [-0.39, 0.29) is 0 Å². The van der Waals surface area contributed by atoms with Crippen molar-refractivity contribution in [3.8, 4) is 23.0 Å². The maximum Gasteiger partial charge on any atom is 0.134 e. The van der Waals surface area contributed by atoms with Gasteiger partial charge in [-0.25, -0.2) is 0 Å². The zero-order valence-electron chi connectivity index (χ0n) is 29.5. The molecule has 1 fully saturated rings. The predicted octanol–water partition coefficient (Wildman–Crippen LogP) is 13.0. The molecule has 0 radical (unpaired) electrons. The number of anilines is 5. The summed E-state index contributed by atoms with van der Waals surface area (Å²) in [5, 5.41) is 0. The molecule has 2 aliphatic carbocycles. The van der Waals surface area contributed by atoms with Gasteiger partial charge in [0, 0.05) is 50.7 Å². The van der Waals surface area contributed by atoms with Crippen molar-refractivity contribution in [2.24, 2.45) is 11.8 Å². The molecule has 2 atom stereocenters. The maximum atomic E-state index is 7.09. The largest absolute Gasteiger partial charge is 0.457 e. The molecule has 258 valence electrons. The summed E-state index contributed by atoms with van der Waals surface area (Å²) in [6.07, 6.45) is 8.36. The number of allylic oxidation sites excluding steroid dienone is 3. The lowest BCUT2D eigenvalue weighted by atomic mass is 9.61. The van der Waals surface area contributed by atoms with Crippen molar-refractivity contribution in [3.63, 3.8) is 0 Å². The Morgan fingerprint density at radius 2 is 0.981 bits per heavy atom. The van der Waals surface area contributed by atoms with Crippen LogP contribution in [-0.4, -0.2) is 0 Å². The van der Waals surface area contributed by atoms with Gasteiger partial charge in [0.1, 0.15) is 23.0 Å². The SMILES string of the molecule is C1=CC2CC2C=C1N(c1ccccc1)c1ccc2c(c1)C1(c3ccccc3Oc3ccccc31)c1c(cccc1N(c1ccccc1)c1ccccc1)O2. The molecule has 7 aromatic carbocycles. The molecule has 54 heavy (non-hydrogen) atoms. The van der Waals surface area contributed by atoms with E-state index in [1.165, 1.54) is 12.1 Å². The Morgan fingerprint density at radius 1 is 0.444 bits per heavy atom. The van der Waals surface area contributed by atoms with Gasteiger partial charge in [-0.2, -0.15) is 0 Å². The van der Waals surface area contributed by atoms with Crippen LogP contribution < -0.4 is 19.3 Å². The average Bonchev–Trinajstić information content (AvgIpc) is 4.02. The highest BCUT2D eigenvalue weighted by atomic mass is 16.5. The maximum absolute atomic E-state index is 7.09. The molecule has 11 rings (SSSR count). The lowest BCUT2D eigenvalue weighted by Crippen LogP contribution is -2.38. The summed E-state index contributed by atoms with van der Waals surface area (Å²) in [5.74, 6) is 4.55.